The number of likely N-dealkylation sites (tertiary alicyclic amines) is 1. The highest BCUT2D eigenvalue weighted by Gasteiger charge is 2.27. The molecule has 0 radical (unpaired) electrons. The maximum atomic E-state index is 13.3. The Labute approximate surface area is 159 Å². The normalized spacial score (nSPS) is 15.1. The van der Waals surface area contributed by atoms with Gasteiger partial charge in [-0.2, -0.15) is 0 Å². The summed E-state index contributed by atoms with van der Waals surface area (Å²) in [5, 5.41) is 11.0. The molecule has 136 valence electrons. The summed E-state index contributed by atoms with van der Waals surface area (Å²) in [6.45, 7) is 1.18. The van der Waals surface area contributed by atoms with Crippen LogP contribution in [-0.4, -0.2) is 28.8 Å². The Kier molecular flexibility index (Phi) is 5.66. The molecule has 0 bridgehead atoms. The van der Waals surface area contributed by atoms with Crippen LogP contribution in [0.4, 0.5) is 10.1 Å². The van der Waals surface area contributed by atoms with Crippen molar-refractivity contribution in [1.29, 1.82) is 0 Å². The summed E-state index contributed by atoms with van der Waals surface area (Å²) >= 11 is 3.19. The molecule has 0 N–H and O–H groups in total. The molecule has 0 saturated carbocycles. The molecule has 1 aliphatic heterocycles. The van der Waals surface area contributed by atoms with E-state index in [4.69, 9.17) is 0 Å². The standard InChI is InChI=1S/C19H18BrFN2O3/c20-18-16(5-2-6-17(18)23(25)26)19(24)22-9-7-13(8-10-22)11-14-3-1-4-15(21)12-14/h1-6,12-13H,7-11H2. The molecule has 2 aromatic carbocycles. The van der Waals surface area contributed by atoms with Crippen LogP contribution in [0, 0.1) is 21.8 Å². The lowest BCUT2D eigenvalue weighted by atomic mass is 9.90. The summed E-state index contributed by atoms with van der Waals surface area (Å²) in [5.41, 5.74) is 1.16. The van der Waals surface area contributed by atoms with Gasteiger partial charge in [0.15, 0.2) is 0 Å². The minimum Gasteiger partial charge on any atom is -0.339 e. The third-order valence-electron chi connectivity index (χ3n) is 4.72. The second kappa shape index (κ2) is 7.95. The van der Waals surface area contributed by atoms with Gasteiger partial charge in [-0.1, -0.05) is 18.2 Å². The topological polar surface area (TPSA) is 63.4 Å². The van der Waals surface area contributed by atoms with Gasteiger partial charge in [0.2, 0.25) is 0 Å². The average Bonchev–Trinajstić information content (AvgIpc) is 2.62. The van der Waals surface area contributed by atoms with Gasteiger partial charge in [-0.25, -0.2) is 4.39 Å². The van der Waals surface area contributed by atoms with Crippen LogP contribution in [-0.2, 0) is 6.42 Å². The second-order valence-corrected chi connectivity index (χ2v) is 7.26. The number of carbonyl (C=O) groups is 1. The van der Waals surface area contributed by atoms with E-state index in [1.807, 2.05) is 6.07 Å². The molecule has 1 saturated heterocycles. The number of hydrogen-bond acceptors (Lipinski definition) is 3. The Morgan fingerprint density at radius 2 is 1.92 bits per heavy atom. The van der Waals surface area contributed by atoms with Crippen molar-refractivity contribution in [2.45, 2.75) is 19.3 Å². The van der Waals surface area contributed by atoms with Crippen LogP contribution < -0.4 is 0 Å². The quantitative estimate of drug-likeness (QED) is 0.536. The van der Waals surface area contributed by atoms with Gasteiger partial charge in [0.1, 0.15) is 10.3 Å². The number of benzene rings is 2. The van der Waals surface area contributed by atoms with Gasteiger partial charge >= 0.3 is 0 Å². The molecule has 1 amide bonds. The summed E-state index contributed by atoms with van der Waals surface area (Å²) in [5.74, 6) is -0.0372. The van der Waals surface area contributed by atoms with Gasteiger partial charge in [0, 0.05) is 19.2 Å². The van der Waals surface area contributed by atoms with Crippen LogP contribution in [0.3, 0.4) is 0 Å². The molecule has 0 aromatic heterocycles. The first kappa shape index (κ1) is 18.5. The summed E-state index contributed by atoms with van der Waals surface area (Å²) in [4.78, 5) is 25.0. The number of amides is 1. The SMILES string of the molecule is O=C(c1cccc([N+](=O)[O-])c1Br)N1CCC(Cc2cccc(F)c2)CC1. The lowest BCUT2D eigenvalue weighted by Gasteiger charge is -2.32. The van der Waals surface area contributed by atoms with Crippen molar-refractivity contribution in [2.75, 3.05) is 13.1 Å². The van der Waals surface area contributed by atoms with Gasteiger partial charge in [0.25, 0.3) is 11.6 Å². The Morgan fingerprint density at radius 3 is 2.58 bits per heavy atom. The fourth-order valence-electron chi connectivity index (χ4n) is 3.33. The predicted octanol–water partition coefficient (Wildman–Crippen LogP) is 4.59. The number of halogens is 2. The fourth-order valence-corrected chi connectivity index (χ4v) is 3.91. The van der Waals surface area contributed by atoms with E-state index in [0.29, 0.717) is 24.6 Å². The van der Waals surface area contributed by atoms with Crippen molar-refractivity contribution in [3.05, 3.63) is 74.0 Å². The number of nitrogens with zero attached hydrogens (tertiary/aromatic N) is 2. The van der Waals surface area contributed by atoms with E-state index in [9.17, 15) is 19.3 Å². The van der Waals surface area contributed by atoms with E-state index in [1.54, 1.807) is 23.1 Å². The van der Waals surface area contributed by atoms with Crippen LogP contribution >= 0.6 is 15.9 Å². The van der Waals surface area contributed by atoms with Crippen LogP contribution in [0.2, 0.25) is 0 Å². The van der Waals surface area contributed by atoms with E-state index in [1.165, 1.54) is 18.2 Å². The molecule has 1 heterocycles. The fraction of sp³-hybridized carbons (Fsp3) is 0.316. The number of carbonyl (C=O) groups excluding carboxylic acids is 1. The highest BCUT2D eigenvalue weighted by atomic mass is 79.9. The van der Waals surface area contributed by atoms with E-state index < -0.39 is 4.92 Å². The zero-order valence-corrected chi connectivity index (χ0v) is 15.6. The van der Waals surface area contributed by atoms with Gasteiger partial charge in [0.05, 0.1) is 10.5 Å². The molecular weight excluding hydrogens is 403 g/mol. The number of piperidine rings is 1. The first-order chi connectivity index (χ1) is 12.5. The second-order valence-electron chi connectivity index (χ2n) is 6.47. The summed E-state index contributed by atoms with van der Waals surface area (Å²) in [6.07, 6.45) is 2.45. The number of nitro benzene ring substituents is 1. The van der Waals surface area contributed by atoms with Crippen molar-refractivity contribution in [1.82, 2.24) is 4.90 Å². The monoisotopic (exact) mass is 420 g/mol. The van der Waals surface area contributed by atoms with Crippen LogP contribution in [0.5, 0.6) is 0 Å². The molecule has 3 rings (SSSR count). The number of hydrogen-bond donors (Lipinski definition) is 0. The average molecular weight is 421 g/mol. The molecule has 0 aliphatic carbocycles. The Hall–Kier alpha value is -2.28. The molecular formula is C19H18BrFN2O3. The molecule has 0 atom stereocenters. The molecule has 1 fully saturated rings. The maximum absolute atomic E-state index is 13.3. The first-order valence-electron chi connectivity index (χ1n) is 8.42. The van der Waals surface area contributed by atoms with Crippen molar-refractivity contribution in [3.8, 4) is 0 Å². The highest BCUT2D eigenvalue weighted by molar-refractivity contribution is 9.10. The Bertz CT molecular complexity index is 835. The van der Waals surface area contributed by atoms with Gasteiger partial charge < -0.3 is 4.90 Å². The van der Waals surface area contributed by atoms with Gasteiger partial charge in [-0.3, -0.25) is 14.9 Å². The van der Waals surface area contributed by atoms with E-state index in [-0.39, 0.29) is 21.9 Å². The molecule has 5 nitrogen and oxygen atoms in total. The Morgan fingerprint density at radius 1 is 1.23 bits per heavy atom. The summed E-state index contributed by atoms with van der Waals surface area (Å²) < 4.78 is 13.5. The van der Waals surface area contributed by atoms with E-state index in [0.717, 1.165) is 24.8 Å². The third kappa shape index (κ3) is 4.09. The molecule has 2 aromatic rings. The molecule has 0 spiro atoms. The van der Waals surface area contributed by atoms with E-state index >= 15 is 0 Å². The van der Waals surface area contributed by atoms with Crippen molar-refractivity contribution >= 4 is 27.5 Å². The highest BCUT2D eigenvalue weighted by Crippen LogP contribution is 2.30. The van der Waals surface area contributed by atoms with Gasteiger partial charge in [-0.15, -0.1) is 0 Å². The lowest BCUT2D eigenvalue weighted by Crippen LogP contribution is -2.39. The predicted molar refractivity (Wildman–Crippen MR) is 99.5 cm³/mol. The number of nitro groups is 1. The lowest BCUT2D eigenvalue weighted by molar-refractivity contribution is -0.385. The first-order valence-corrected chi connectivity index (χ1v) is 9.21. The minimum absolute atomic E-state index is 0.114. The zero-order valence-electron chi connectivity index (χ0n) is 14.0. The molecule has 1 aliphatic rings. The smallest absolute Gasteiger partial charge is 0.284 e. The molecule has 7 heteroatoms. The van der Waals surface area contributed by atoms with Crippen LogP contribution in [0.1, 0.15) is 28.8 Å². The zero-order chi connectivity index (χ0) is 18.7. The van der Waals surface area contributed by atoms with Crippen molar-refractivity contribution in [3.63, 3.8) is 0 Å². The van der Waals surface area contributed by atoms with Crippen molar-refractivity contribution in [2.24, 2.45) is 5.92 Å². The largest absolute Gasteiger partial charge is 0.339 e. The van der Waals surface area contributed by atoms with Crippen molar-refractivity contribution < 1.29 is 14.1 Å². The van der Waals surface area contributed by atoms with Crippen LogP contribution in [0.15, 0.2) is 46.9 Å². The number of rotatable bonds is 4. The van der Waals surface area contributed by atoms with Crippen LogP contribution in [0.25, 0.3) is 0 Å². The third-order valence-corrected chi connectivity index (χ3v) is 5.55. The summed E-state index contributed by atoms with van der Waals surface area (Å²) in [6, 6.07) is 11.1. The Balaban J connectivity index is 1.64. The molecule has 0 unspecified atom stereocenters. The minimum atomic E-state index is -0.508. The molecule has 26 heavy (non-hydrogen) atoms. The maximum Gasteiger partial charge on any atom is 0.284 e. The summed E-state index contributed by atoms with van der Waals surface area (Å²) in [7, 11) is 0. The van der Waals surface area contributed by atoms with Gasteiger partial charge in [-0.05, 0) is 64.9 Å². The van der Waals surface area contributed by atoms with E-state index in [2.05, 4.69) is 15.9 Å².